The van der Waals surface area contributed by atoms with Gasteiger partial charge in [-0.1, -0.05) is 30.3 Å². The lowest BCUT2D eigenvalue weighted by Crippen LogP contribution is -2.09. The second kappa shape index (κ2) is 4.37. The minimum atomic E-state index is 0.773. The highest BCUT2D eigenvalue weighted by Crippen LogP contribution is 2.18. The molecule has 0 aliphatic rings. The van der Waals surface area contributed by atoms with Crippen molar-refractivity contribution in [3.05, 3.63) is 47.3 Å². The van der Waals surface area contributed by atoms with Crippen LogP contribution < -0.4 is 11.3 Å². The van der Waals surface area contributed by atoms with Crippen molar-refractivity contribution in [2.24, 2.45) is 5.84 Å². The molecule has 3 N–H and O–H groups in total. The van der Waals surface area contributed by atoms with Gasteiger partial charge in [-0.05, 0) is 19.4 Å². The molecule has 1 heterocycles. The first-order valence-corrected chi connectivity index (χ1v) is 5.27. The van der Waals surface area contributed by atoms with E-state index in [1.54, 1.807) is 0 Å². The fraction of sp³-hybridized carbons (Fsp3) is 0.250. The van der Waals surface area contributed by atoms with E-state index in [-0.39, 0.29) is 0 Å². The van der Waals surface area contributed by atoms with Gasteiger partial charge in [-0.2, -0.15) is 5.10 Å². The average molecular weight is 216 g/mol. The molecule has 0 bridgehead atoms. The van der Waals surface area contributed by atoms with Crippen LogP contribution in [0.15, 0.2) is 30.3 Å². The second-order valence-electron chi connectivity index (χ2n) is 3.83. The predicted octanol–water partition coefficient (Wildman–Crippen LogP) is 1.83. The van der Waals surface area contributed by atoms with Crippen molar-refractivity contribution in [3.63, 3.8) is 0 Å². The number of nitrogens with two attached hydrogens (primary N) is 1. The fourth-order valence-electron chi connectivity index (χ4n) is 1.82. The lowest BCUT2D eigenvalue weighted by Gasteiger charge is -2.05. The number of anilines is 1. The number of hydrogen-bond acceptors (Lipinski definition) is 3. The van der Waals surface area contributed by atoms with E-state index < -0.39 is 0 Å². The van der Waals surface area contributed by atoms with Gasteiger partial charge in [-0.25, -0.2) is 0 Å². The molecule has 4 nitrogen and oxygen atoms in total. The van der Waals surface area contributed by atoms with Gasteiger partial charge in [0.2, 0.25) is 0 Å². The molecule has 0 spiro atoms. The highest BCUT2D eigenvalue weighted by Gasteiger charge is 2.09. The summed E-state index contributed by atoms with van der Waals surface area (Å²) in [6.45, 7) is 4.73. The molecular formula is C12H16N4. The Bertz CT molecular complexity index is 473. The van der Waals surface area contributed by atoms with Crippen molar-refractivity contribution in [2.45, 2.75) is 20.4 Å². The van der Waals surface area contributed by atoms with E-state index in [9.17, 15) is 0 Å². The van der Waals surface area contributed by atoms with Gasteiger partial charge in [0, 0.05) is 0 Å². The quantitative estimate of drug-likeness (QED) is 0.608. The molecule has 0 fully saturated rings. The van der Waals surface area contributed by atoms with Crippen LogP contribution in [0.2, 0.25) is 0 Å². The Morgan fingerprint density at radius 2 is 1.94 bits per heavy atom. The first kappa shape index (κ1) is 10.7. The molecule has 4 heteroatoms. The van der Waals surface area contributed by atoms with Crippen molar-refractivity contribution in [3.8, 4) is 0 Å². The van der Waals surface area contributed by atoms with E-state index >= 15 is 0 Å². The van der Waals surface area contributed by atoms with Crippen LogP contribution in [-0.2, 0) is 6.54 Å². The maximum atomic E-state index is 5.45. The summed E-state index contributed by atoms with van der Waals surface area (Å²) < 4.78 is 1.96. The van der Waals surface area contributed by atoms with E-state index in [0.717, 1.165) is 23.6 Å². The number of hydrogen-bond donors (Lipinski definition) is 2. The number of aromatic nitrogens is 2. The zero-order chi connectivity index (χ0) is 11.5. The topological polar surface area (TPSA) is 55.9 Å². The Morgan fingerprint density at radius 1 is 1.25 bits per heavy atom. The molecule has 2 aromatic rings. The number of aryl methyl sites for hydroxylation is 1. The van der Waals surface area contributed by atoms with Crippen LogP contribution in [0.5, 0.6) is 0 Å². The third kappa shape index (κ3) is 1.92. The summed E-state index contributed by atoms with van der Waals surface area (Å²) in [6, 6.07) is 10.3. The third-order valence-electron chi connectivity index (χ3n) is 2.70. The molecule has 16 heavy (non-hydrogen) atoms. The van der Waals surface area contributed by atoms with E-state index in [4.69, 9.17) is 5.84 Å². The highest BCUT2D eigenvalue weighted by atomic mass is 15.3. The normalized spacial score (nSPS) is 10.4. The maximum Gasteiger partial charge on any atom is 0.0928 e. The van der Waals surface area contributed by atoms with Gasteiger partial charge in [0.15, 0.2) is 0 Å². The summed E-state index contributed by atoms with van der Waals surface area (Å²) in [4.78, 5) is 0. The van der Waals surface area contributed by atoms with Crippen LogP contribution in [0.25, 0.3) is 0 Å². The number of rotatable bonds is 3. The van der Waals surface area contributed by atoms with Crippen LogP contribution in [0.1, 0.15) is 17.0 Å². The highest BCUT2D eigenvalue weighted by molar-refractivity contribution is 5.50. The molecule has 0 saturated heterocycles. The minimum Gasteiger partial charge on any atom is -0.321 e. The number of nitrogens with zero attached hydrogens (tertiary/aromatic N) is 2. The van der Waals surface area contributed by atoms with Gasteiger partial charge in [0.25, 0.3) is 0 Å². The van der Waals surface area contributed by atoms with Crippen LogP contribution in [0.3, 0.4) is 0 Å². The van der Waals surface area contributed by atoms with Crippen LogP contribution >= 0.6 is 0 Å². The summed E-state index contributed by atoms with van der Waals surface area (Å²) in [5.41, 5.74) is 6.82. The molecule has 0 aliphatic heterocycles. The Morgan fingerprint density at radius 3 is 2.50 bits per heavy atom. The Balaban J connectivity index is 2.29. The standard InChI is InChI=1S/C12H16N4/c1-9-12(14-13)10(2)16(15-9)8-11-6-4-3-5-7-11/h3-7,14H,8,13H2,1-2H3. The van der Waals surface area contributed by atoms with Crippen molar-refractivity contribution in [1.82, 2.24) is 9.78 Å². The molecule has 0 radical (unpaired) electrons. The van der Waals surface area contributed by atoms with Crippen molar-refractivity contribution in [1.29, 1.82) is 0 Å². The SMILES string of the molecule is Cc1nn(Cc2ccccc2)c(C)c1NN. The zero-order valence-electron chi connectivity index (χ0n) is 9.57. The zero-order valence-corrected chi connectivity index (χ0v) is 9.57. The largest absolute Gasteiger partial charge is 0.321 e. The fourth-order valence-corrected chi connectivity index (χ4v) is 1.82. The van der Waals surface area contributed by atoms with Gasteiger partial charge in [-0.3, -0.25) is 10.5 Å². The van der Waals surface area contributed by atoms with Crippen LogP contribution in [0, 0.1) is 13.8 Å². The molecule has 0 saturated carbocycles. The molecule has 1 aromatic heterocycles. The van der Waals surface area contributed by atoms with Crippen LogP contribution in [-0.4, -0.2) is 9.78 Å². The lowest BCUT2D eigenvalue weighted by atomic mass is 10.2. The first-order chi connectivity index (χ1) is 7.72. The molecule has 0 aliphatic carbocycles. The van der Waals surface area contributed by atoms with Gasteiger partial charge in [0.05, 0.1) is 23.6 Å². The van der Waals surface area contributed by atoms with E-state index in [0.29, 0.717) is 0 Å². The summed E-state index contributed by atoms with van der Waals surface area (Å²) >= 11 is 0. The van der Waals surface area contributed by atoms with Gasteiger partial charge in [0.1, 0.15) is 0 Å². The number of nitrogen functional groups attached to an aromatic ring is 1. The number of nitrogens with one attached hydrogen (secondary N) is 1. The Hall–Kier alpha value is -1.81. The second-order valence-corrected chi connectivity index (χ2v) is 3.83. The third-order valence-corrected chi connectivity index (χ3v) is 2.70. The van der Waals surface area contributed by atoms with Crippen LogP contribution in [0.4, 0.5) is 5.69 Å². The molecule has 0 amide bonds. The lowest BCUT2D eigenvalue weighted by molar-refractivity contribution is 0.659. The number of hydrazine groups is 1. The predicted molar refractivity (Wildman–Crippen MR) is 65.1 cm³/mol. The van der Waals surface area contributed by atoms with Gasteiger partial charge >= 0.3 is 0 Å². The molecule has 2 rings (SSSR count). The van der Waals surface area contributed by atoms with Crippen molar-refractivity contribution < 1.29 is 0 Å². The van der Waals surface area contributed by atoms with E-state index in [1.807, 2.05) is 36.7 Å². The van der Waals surface area contributed by atoms with Gasteiger partial charge in [-0.15, -0.1) is 0 Å². The van der Waals surface area contributed by atoms with E-state index in [1.165, 1.54) is 5.56 Å². The summed E-state index contributed by atoms with van der Waals surface area (Å²) in [7, 11) is 0. The summed E-state index contributed by atoms with van der Waals surface area (Å²) in [5.74, 6) is 5.45. The molecule has 0 atom stereocenters. The Kier molecular flexibility index (Phi) is 2.92. The monoisotopic (exact) mass is 216 g/mol. The molecule has 1 aromatic carbocycles. The molecular weight excluding hydrogens is 200 g/mol. The average Bonchev–Trinajstić information content (AvgIpc) is 2.55. The molecule has 84 valence electrons. The molecule has 0 unspecified atom stereocenters. The summed E-state index contributed by atoms with van der Waals surface area (Å²) in [6.07, 6.45) is 0. The summed E-state index contributed by atoms with van der Waals surface area (Å²) in [5, 5.41) is 4.45. The van der Waals surface area contributed by atoms with Crippen molar-refractivity contribution in [2.75, 3.05) is 5.43 Å². The minimum absolute atomic E-state index is 0.773. The smallest absolute Gasteiger partial charge is 0.0928 e. The Labute approximate surface area is 95.1 Å². The van der Waals surface area contributed by atoms with Crippen molar-refractivity contribution >= 4 is 5.69 Å². The number of benzene rings is 1. The van der Waals surface area contributed by atoms with Gasteiger partial charge < -0.3 is 5.43 Å². The maximum absolute atomic E-state index is 5.45. The first-order valence-electron chi connectivity index (χ1n) is 5.27. The van der Waals surface area contributed by atoms with E-state index in [2.05, 4.69) is 22.7 Å².